The van der Waals surface area contributed by atoms with Crippen LogP contribution in [0.25, 0.3) is 0 Å². The van der Waals surface area contributed by atoms with Gasteiger partial charge in [0.1, 0.15) is 0 Å². The van der Waals surface area contributed by atoms with Crippen LogP contribution in [0.4, 0.5) is 16.2 Å². The van der Waals surface area contributed by atoms with E-state index in [-0.39, 0.29) is 18.0 Å². The van der Waals surface area contributed by atoms with Gasteiger partial charge in [-0.25, -0.2) is 4.79 Å². The van der Waals surface area contributed by atoms with Crippen LogP contribution in [0.1, 0.15) is 30.7 Å². The van der Waals surface area contributed by atoms with Crippen LogP contribution in [-0.2, 0) is 4.79 Å². The van der Waals surface area contributed by atoms with Crippen LogP contribution in [0, 0.1) is 0 Å². The Balaban J connectivity index is 1.67. The summed E-state index contributed by atoms with van der Waals surface area (Å²) in [6.07, 6.45) is 2.04. The highest BCUT2D eigenvalue weighted by molar-refractivity contribution is 7.10. The minimum absolute atomic E-state index is 0.0253. The van der Waals surface area contributed by atoms with Crippen LogP contribution in [0.15, 0.2) is 41.8 Å². The lowest BCUT2D eigenvalue weighted by molar-refractivity contribution is -0.116. The zero-order chi connectivity index (χ0) is 17.1. The lowest BCUT2D eigenvalue weighted by Crippen LogP contribution is -2.34. The van der Waals surface area contributed by atoms with Gasteiger partial charge in [-0.05, 0) is 48.6 Å². The average Bonchev–Trinajstić information content (AvgIpc) is 3.25. The van der Waals surface area contributed by atoms with Gasteiger partial charge in [0.25, 0.3) is 0 Å². The molecule has 0 radical (unpaired) electrons. The number of hydrogen-bond donors (Lipinski definition) is 1. The van der Waals surface area contributed by atoms with Gasteiger partial charge in [0.15, 0.2) is 0 Å². The summed E-state index contributed by atoms with van der Waals surface area (Å²) in [5.41, 5.74) is 1.54. The SMILES string of the molecule is CC(=O)N(C)c1ccc(NC(=O)N2CCC[C@@H]2c2cccs2)cc1. The number of benzene rings is 1. The maximum absolute atomic E-state index is 12.6. The summed E-state index contributed by atoms with van der Waals surface area (Å²) in [5, 5.41) is 5.01. The normalized spacial score (nSPS) is 16.9. The quantitative estimate of drug-likeness (QED) is 0.912. The topological polar surface area (TPSA) is 52.7 Å². The van der Waals surface area contributed by atoms with Gasteiger partial charge in [-0.3, -0.25) is 4.79 Å². The molecule has 0 aliphatic carbocycles. The third kappa shape index (κ3) is 3.43. The molecule has 1 saturated heterocycles. The minimum Gasteiger partial charge on any atom is -0.317 e. The van der Waals surface area contributed by atoms with E-state index in [0.717, 1.165) is 30.8 Å². The van der Waals surface area contributed by atoms with Crippen LogP contribution in [-0.4, -0.2) is 30.4 Å². The molecule has 24 heavy (non-hydrogen) atoms. The second-order valence-electron chi connectivity index (χ2n) is 5.92. The van der Waals surface area contributed by atoms with Crippen LogP contribution < -0.4 is 10.2 Å². The highest BCUT2D eigenvalue weighted by atomic mass is 32.1. The van der Waals surface area contributed by atoms with E-state index in [1.807, 2.05) is 40.6 Å². The highest BCUT2D eigenvalue weighted by Crippen LogP contribution is 2.34. The zero-order valence-corrected chi connectivity index (χ0v) is 14.7. The molecule has 3 rings (SSSR count). The van der Waals surface area contributed by atoms with Gasteiger partial charge in [0, 0.05) is 36.8 Å². The van der Waals surface area contributed by atoms with Crippen molar-refractivity contribution in [1.29, 1.82) is 0 Å². The largest absolute Gasteiger partial charge is 0.322 e. The minimum atomic E-state index is -0.0708. The third-order valence-electron chi connectivity index (χ3n) is 4.36. The standard InChI is InChI=1S/C18H21N3O2S/c1-13(22)20(2)15-9-7-14(8-10-15)19-18(23)21-11-3-5-16(21)17-6-4-12-24-17/h4,6-10,12,16H,3,5,11H2,1-2H3,(H,19,23)/t16-/m1/s1. The average molecular weight is 343 g/mol. The number of anilines is 2. The van der Waals surface area contributed by atoms with E-state index in [1.54, 1.807) is 23.3 Å². The zero-order valence-electron chi connectivity index (χ0n) is 13.9. The van der Waals surface area contributed by atoms with E-state index in [2.05, 4.69) is 11.4 Å². The summed E-state index contributed by atoms with van der Waals surface area (Å²) in [5.74, 6) is -0.0253. The fourth-order valence-corrected chi connectivity index (χ4v) is 3.81. The van der Waals surface area contributed by atoms with Crippen LogP contribution in [0.5, 0.6) is 0 Å². The Bertz CT molecular complexity index is 712. The van der Waals surface area contributed by atoms with Crippen LogP contribution in [0.3, 0.4) is 0 Å². The van der Waals surface area contributed by atoms with Crippen molar-refractivity contribution in [2.75, 3.05) is 23.8 Å². The Hall–Kier alpha value is -2.34. The number of thiophene rings is 1. The van der Waals surface area contributed by atoms with Gasteiger partial charge in [-0.2, -0.15) is 0 Å². The third-order valence-corrected chi connectivity index (χ3v) is 5.34. The fraction of sp³-hybridized carbons (Fsp3) is 0.333. The number of hydrogen-bond acceptors (Lipinski definition) is 3. The molecule has 5 nitrogen and oxygen atoms in total. The monoisotopic (exact) mass is 343 g/mol. The number of amides is 3. The van der Waals surface area contributed by atoms with Crippen molar-refractivity contribution in [3.05, 3.63) is 46.7 Å². The van der Waals surface area contributed by atoms with Crippen LogP contribution >= 0.6 is 11.3 Å². The molecule has 1 aromatic carbocycles. The Kier molecular flexibility index (Phi) is 4.85. The number of carbonyl (C=O) groups excluding carboxylic acids is 2. The maximum Gasteiger partial charge on any atom is 0.322 e. The lowest BCUT2D eigenvalue weighted by atomic mass is 10.2. The number of likely N-dealkylation sites (tertiary alicyclic amines) is 1. The van der Waals surface area contributed by atoms with Crippen molar-refractivity contribution in [3.63, 3.8) is 0 Å². The number of carbonyl (C=O) groups is 2. The smallest absolute Gasteiger partial charge is 0.317 e. The number of nitrogens with zero attached hydrogens (tertiary/aromatic N) is 2. The Morgan fingerprint density at radius 1 is 1.25 bits per heavy atom. The van der Waals surface area contributed by atoms with Crippen molar-refractivity contribution in [2.24, 2.45) is 0 Å². The van der Waals surface area contributed by atoms with Crippen molar-refractivity contribution in [1.82, 2.24) is 4.90 Å². The van der Waals surface area contributed by atoms with Crippen molar-refractivity contribution >= 4 is 34.6 Å². The first kappa shape index (κ1) is 16.5. The number of nitrogens with one attached hydrogen (secondary N) is 1. The summed E-state index contributed by atoms with van der Waals surface area (Å²) >= 11 is 1.70. The van der Waals surface area contributed by atoms with E-state index in [4.69, 9.17) is 0 Å². The van der Waals surface area contributed by atoms with E-state index in [1.165, 1.54) is 11.8 Å². The summed E-state index contributed by atoms with van der Waals surface area (Å²) in [6, 6.07) is 11.5. The molecule has 1 aromatic heterocycles. The van der Waals surface area contributed by atoms with Gasteiger partial charge in [0.2, 0.25) is 5.91 Å². The predicted octanol–water partition coefficient (Wildman–Crippen LogP) is 4.10. The van der Waals surface area contributed by atoms with E-state index in [0.29, 0.717) is 0 Å². The molecule has 1 aliphatic rings. The number of urea groups is 1. The lowest BCUT2D eigenvalue weighted by Gasteiger charge is -2.24. The molecule has 6 heteroatoms. The van der Waals surface area contributed by atoms with E-state index < -0.39 is 0 Å². The Morgan fingerprint density at radius 2 is 2.00 bits per heavy atom. The fourth-order valence-electron chi connectivity index (χ4n) is 2.93. The van der Waals surface area contributed by atoms with Crippen molar-refractivity contribution in [2.45, 2.75) is 25.8 Å². The highest BCUT2D eigenvalue weighted by Gasteiger charge is 2.30. The molecule has 0 bridgehead atoms. The summed E-state index contributed by atoms with van der Waals surface area (Å²) in [6.45, 7) is 2.30. The molecule has 126 valence electrons. The molecular formula is C18H21N3O2S. The first-order valence-electron chi connectivity index (χ1n) is 8.01. The molecule has 2 aromatic rings. The molecule has 2 heterocycles. The maximum atomic E-state index is 12.6. The van der Waals surface area contributed by atoms with Crippen molar-refractivity contribution in [3.8, 4) is 0 Å². The molecule has 1 aliphatic heterocycles. The molecule has 0 unspecified atom stereocenters. The molecule has 0 saturated carbocycles. The molecule has 1 atom stereocenters. The summed E-state index contributed by atoms with van der Waals surface area (Å²) < 4.78 is 0. The number of rotatable bonds is 3. The molecule has 0 spiro atoms. The Labute approximate surface area is 145 Å². The predicted molar refractivity (Wildman–Crippen MR) is 97.5 cm³/mol. The van der Waals surface area contributed by atoms with Gasteiger partial charge in [-0.1, -0.05) is 6.07 Å². The second kappa shape index (κ2) is 7.05. The van der Waals surface area contributed by atoms with Crippen molar-refractivity contribution < 1.29 is 9.59 Å². The first-order chi connectivity index (χ1) is 11.6. The van der Waals surface area contributed by atoms with Crippen LogP contribution in [0.2, 0.25) is 0 Å². The van der Waals surface area contributed by atoms with Gasteiger partial charge in [-0.15, -0.1) is 11.3 Å². The van der Waals surface area contributed by atoms with Gasteiger partial charge in [0.05, 0.1) is 6.04 Å². The molecule has 1 N–H and O–H groups in total. The summed E-state index contributed by atoms with van der Waals surface area (Å²) in [7, 11) is 1.73. The second-order valence-corrected chi connectivity index (χ2v) is 6.90. The summed E-state index contributed by atoms with van der Waals surface area (Å²) in [4.78, 5) is 28.7. The first-order valence-corrected chi connectivity index (χ1v) is 8.89. The Morgan fingerprint density at radius 3 is 2.62 bits per heavy atom. The van der Waals surface area contributed by atoms with E-state index >= 15 is 0 Å². The van der Waals surface area contributed by atoms with Gasteiger partial charge < -0.3 is 15.1 Å². The molecular weight excluding hydrogens is 322 g/mol. The molecule has 1 fully saturated rings. The van der Waals surface area contributed by atoms with E-state index in [9.17, 15) is 9.59 Å². The van der Waals surface area contributed by atoms with Gasteiger partial charge >= 0.3 is 6.03 Å². The molecule has 3 amide bonds.